The second-order valence-electron chi connectivity index (χ2n) is 7.50. The van der Waals surface area contributed by atoms with Gasteiger partial charge in [-0.1, -0.05) is 66.7 Å². The van der Waals surface area contributed by atoms with E-state index >= 15 is 0 Å². The number of nitrogens with zero attached hydrogens (tertiary/aromatic N) is 1. The Morgan fingerprint density at radius 3 is 2.40 bits per heavy atom. The minimum Gasteiger partial charge on any atom is -0.348 e. The molecular formula is C24H20N2O3S. The summed E-state index contributed by atoms with van der Waals surface area (Å²) in [4.78, 5) is 13.1. The average molecular weight is 417 g/mol. The zero-order chi connectivity index (χ0) is 20.9. The lowest BCUT2D eigenvalue weighted by Crippen LogP contribution is -2.39. The third-order valence-corrected chi connectivity index (χ3v) is 7.44. The van der Waals surface area contributed by atoms with Gasteiger partial charge in [-0.2, -0.15) is 0 Å². The second-order valence-corrected chi connectivity index (χ2v) is 9.33. The number of benzene rings is 4. The normalized spacial score (nSPS) is 15.4. The molecule has 1 amide bonds. The monoisotopic (exact) mass is 416 g/mol. The van der Waals surface area contributed by atoms with Crippen molar-refractivity contribution >= 4 is 43.2 Å². The Kier molecular flexibility index (Phi) is 4.25. The van der Waals surface area contributed by atoms with Crippen LogP contribution in [-0.2, 0) is 14.8 Å². The Bertz CT molecular complexity index is 1400. The van der Waals surface area contributed by atoms with Gasteiger partial charge >= 0.3 is 0 Å². The highest BCUT2D eigenvalue weighted by atomic mass is 32.2. The molecule has 0 aliphatic carbocycles. The van der Waals surface area contributed by atoms with E-state index in [1.807, 2.05) is 67.6 Å². The molecule has 1 aliphatic rings. The fourth-order valence-electron chi connectivity index (χ4n) is 4.25. The Morgan fingerprint density at radius 2 is 1.57 bits per heavy atom. The third-order valence-electron chi connectivity index (χ3n) is 5.64. The van der Waals surface area contributed by atoms with Gasteiger partial charge in [0.2, 0.25) is 5.91 Å². The zero-order valence-electron chi connectivity index (χ0n) is 16.4. The average Bonchev–Trinajstić information content (AvgIpc) is 2.96. The number of anilines is 1. The summed E-state index contributed by atoms with van der Waals surface area (Å²) < 4.78 is 27.4. The quantitative estimate of drug-likeness (QED) is 0.537. The van der Waals surface area contributed by atoms with E-state index in [2.05, 4.69) is 5.32 Å². The van der Waals surface area contributed by atoms with Crippen LogP contribution in [0.15, 0.2) is 83.8 Å². The van der Waals surface area contributed by atoms with Crippen LogP contribution in [0.1, 0.15) is 18.5 Å². The van der Waals surface area contributed by atoms with E-state index in [4.69, 9.17) is 0 Å². The molecular weight excluding hydrogens is 396 g/mol. The summed E-state index contributed by atoms with van der Waals surface area (Å²) in [7, 11) is -3.76. The van der Waals surface area contributed by atoms with Crippen molar-refractivity contribution in [2.75, 3.05) is 10.8 Å². The molecule has 0 spiro atoms. The van der Waals surface area contributed by atoms with Crippen molar-refractivity contribution in [1.82, 2.24) is 5.32 Å². The first kappa shape index (κ1) is 18.6. The lowest BCUT2D eigenvalue weighted by Gasteiger charge is -2.21. The highest BCUT2D eigenvalue weighted by molar-refractivity contribution is 7.93. The molecule has 1 unspecified atom stereocenters. The predicted molar refractivity (Wildman–Crippen MR) is 119 cm³/mol. The number of carbonyl (C=O) groups excluding carboxylic acids is 1. The molecule has 150 valence electrons. The molecule has 0 saturated carbocycles. The van der Waals surface area contributed by atoms with E-state index in [1.54, 1.807) is 18.2 Å². The summed E-state index contributed by atoms with van der Waals surface area (Å²) in [5.41, 5.74) is 1.55. The highest BCUT2D eigenvalue weighted by Crippen LogP contribution is 2.41. The fourth-order valence-corrected chi connectivity index (χ4v) is 5.92. The molecule has 0 aromatic heterocycles. The van der Waals surface area contributed by atoms with Gasteiger partial charge in [-0.15, -0.1) is 0 Å². The zero-order valence-corrected chi connectivity index (χ0v) is 17.2. The molecule has 1 heterocycles. The molecule has 1 aliphatic heterocycles. The standard InChI is InChI=1S/C24H20N2O3S/c1-16(19-12-4-8-17-7-2-3-11-20(17)19)25-23(27)15-26-21-13-5-9-18-10-6-14-22(24(18)21)30(26,28)29/h2-14,16H,15H2,1H3,(H,25,27). The van der Waals surface area contributed by atoms with Crippen LogP contribution in [0.25, 0.3) is 21.5 Å². The molecule has 0 radical (unpaired) electrons. The maximum atomic E-state index is 13.1. The van der Waals surface area contributed by atoms with Crippen molar-refractivity contribution in [2.45, 2.75) is 17.9 Å². The van der Waals surface area contributed by atoms with Crippen molar-refractivity contribution in [3.05, 3.63) is 84.4 Å². The van der Waals surface area contributed by atoms with Gasteiger partial charge in [0.05, 0.1) is 16.6 Å². The number of sulfonamides is 1. The van der Waals surface area contributed by atoms with E-state index in [-0.39, 0.29) is 23.4 Å². The molecule has 6 heteroatoms. The van der Waals surface area contributed by atoms with E-state index in [9.17, 15) is 13.2 Å². The van der Waals surface area contributed by atoms with Crippen LogP contribution in [0.4, 0.5) is 5.69 Å². The molecule has 4 aromatic rings. The molecule has 5 rings (SSSR count). The Balaban J connectivity index is 1.43. The van der Waals surface area contributed by atoms with Gasteiger partial charge < -0.3 is 5.32 Å². The van der Waals surface area contributed by atoms with Crippen LogP contribution in [0.2, 0.25) is 0 Å². The number of fused-ring (bicyclic) bond motifs is 1. The van der Waals surface area contributed by atoms with Crippen molar-refractivity contribution in [3.8, 4) is 0 Å². The summed E-state index contributed by atoms with van der Waals surface area (Å²) >= 11 is 0. The van der Waals surface area contributed by atoms with Crippen LogP contribution < -0.4 is 9.62 Å². The lowest BCUT2D eigenvalue weighted by molar-refractivity contribution is -0.120. The number of rotatable bonds is 4. The predicted octanol–water partition coefficient (Wildman–Crippen LogP) is 4.38. The molecule has 30 heavy (non-hydrogen) atoms. The van der Waals surface area contributed by atoms with Gasteiger partial charge in [0, 0.05) is 5.39 Å². The maximum Gasteiger partial charge on any atom is 0.265 e. The molecule has 1 atom stereocenters. The summed E-state index contributed by atoms with van der Waals surface area (Å²) in [5, 5.41) is 6.66. The minimum absolute atomic E-state index is 0.255. The first-order chi connectivity index (χ1) is 14.5. The fraction of sp³-hybridized carbons (Fsp3) is 0.125. The lowest BCUT2D eigenvalue weighted by atomic mass is 10.00. The molecule has 0 saturated heterocycles. The van der Waals surface area contributed by atoms with Gasteiger partial charge in [0.15, 0.2) is 0 Å². The highest BCUT2D eigenvalue weighted by Gasteiger charge is 2.36. The van der Waals surface area contributed by atoms with Crippen molar-refractivity contribution in [3.63, 3.8) is 0 Å². The van der Waals surface area contributed by atoms with Crippen LogP contribution in [0.3, 0.4) is 0 Å². The first-order valence-corrected chi connectivity index (χ1v) is 11.2. The van der Waals surface area contributed by atoms with Gasteiger partial charge in [0.1, 0.15) is 6.54 Å². The summed E-state index contributed by atoms with van der Waals surface area (Å²) in [5.74, 6) is -0.344. The molecule has 0 fully saturated rings. The van der Waals surface area contributed by atoms with E-state index in [0.29, 0.717) is 11.1 Å². The number of amides is 1. The Morgan fingerprint density at radius 1 is 0.900 bits per heavy atom. The topological polar surface area (TPSA) is 66.5 Å². The van der Waals surface area contributed by atoms with Gasteiger partial charge in [-0.05, 0) is 40.8 Å². The number of hydrogen-bond donors (Lipinski definition) is 1. The molecule has 4 aromatic carbocycles. The minimum atomic E-state index is -3.76. The molecule has 0 bridgehead atoms. The SMILES string of the molecule is CC(NC(=O)CN1c2cccc3cccc(c23)S1(=O)=O)c1cccc2ccccc12. The molecule has 1 N–H and O–H groups in total. The smallest absolute Gasteiger partial charge is 0.265 e. The van der Waals surface area contributed by atoms with E-state index < -0.39 is 10.0 Å². The van der Waals surface area contributed by atoms with Gasteiger partial charge in [0.25, 0.3) is 10.0 Å². The summed E-state index contributed by atoms with van der Waals surface area (Å²) in [6.07, 6.45) is 0. The van der Waals surface area contributed by atoms with Gasteiger partial charge in [-0.25, -0.2) is 8.42 Å². The third kappa shape index (κ3) is 2.83. The van der Waals surface area contributed by atoms with Crippen molar-refractivity contribution in [2.24, 2.45) is 0 Å². The largest absolute Gasteiger partial charge is 0.348 e. The summed E-state index contributed by atoms with van der Waals surface area (Å²) in [6.45, 7) is 1.65. The van der Waals surface area contributed by atoms with Crippen LogP contribution >= 0.6 is 0 Å². The maximum absolute atomic E-state index is 13.1. The van der Waals surface area contributed by atoms with Crippen LogP contribution in [0, 0.1) is 0 Å². The number of carbonyl (C=O) groups is 1. The van der Waals surface area contributed by atoms with E-state index in [0.717, 1.165) is 21.7 Å². The Labute approximate surface area is 175 Å². The number of nitrogens with one attached hydrogen (secondary N) is 1. The van der Waals surface area contributed by atoms with Crippen molar-refractivity contribution < 1.29 is 13.2 Å². The van der Waals surface area contributed by atoms with Crippen LogP contribution in [-0.4, -0.2) is 20.9 Å². The Hall–Kier alpha value is -3.38. The summed E-state index contributed by atoms with van der Waals surface area (Å²) in [6, 6.07) is 24.4. The first-order valence-electron chi connectivity index (χ1n) is 9.78. The second kappa shape index (κ2) is 6.85. The van der Waals surface area contributed by atoms with Crippen molar-refractivity contribution in [1.29, 1.82) is 0 Å². The van der Waals surface area contributed by atoms with Crippen LogP contribution in [0.5, 0.6) is 0 Å². The van der Waals surface area contributed by atoms with Gasteiger partial charge in [-0.3, -0.25) is 9.10 Å². The number of hydrogen-bond acceptors (Lipinski definition) is 3. The molecule has 5 nitrogen and oxygen atoms in total. The van der Waals surface area contributed by atoms with E-state index in [1.165, 1.54) is 4.31 Å².